The highest BCUT2D eigenvalue weighted by Gasteiger charge is 2.34. The van der Waals surface area contributed by atoms with Gasteiger partial charge >= 0.3 is 12.1 Å². The highest BCUT2D eigenvalue weighted by atomic mass is 19.4. The minimum atomic E-state index is -4.65. The van der Waals surface area contributed by atoms with Crippen LogP contribution in [0.5, 0.6) is 0 Å². The zero-order valence-corrected chi connectivity index (χ0v) is 12.1. The number of fused-ring (bicyclic) bond motifs is 1. The highest BCUT2D eigenvalue weighted by Crippen LogP contribution is 2.36. The summed E-state index contributed by atoms with van der Waals surface area (Å²) >= 11 is 0. The molecule has 0 aliphatic heterocycles. The van der Waals surface area contributed by atoms with Crippen LogP contribution in [0.25, 0.3) is 22.7 Å². The Labute approximate surface area is 134 Å². The lowest BCUT2D eigenvalue weighted by Gasteiger charge is -2.13. The highest BCUT2D eigenvalue weighted by molar-refractivity contribution is 6.22. The second-order valence-corrected chi connectivity index (χ2v) is 5.05. The Hall–Kier alpha value is -3.09. The Morgan fingerprint density at radius 1 is 1.17 bits per heavy atom. The molecule has 0 fully saturated rings. The fourth-order valence-electron chi connectivity index (χ4n) is 2.47. The fourth-order valence-corrected chi connectivity index (χ4v) is 2.47. The van der Waals surface area contributed by atoms with Crippen molar-refractivity contribution in [3.8, 4) is 0 Å². The summed E-state index contributed by atoms with van der Waals surface area (Å²) in [5.41, 5.74) is -0.829. The molecule has 0 bridgehead atoms. The third kappa shape index (κ3) is 2.88. The molecule has 3 rings (SSSR count). The van der Waals surface area contributed by atoms with E-state index in [1.165, 1.54) is 24.4 Å². The van der Waals surface area contributed by atoms with Crippen molar-refractivity contribution in [2.45, 2.75) is 6.18 Å². The summed E-state index contributed by atoms with van der Waals surface area (Å²) in [6, 6.07) is 7.98. The van der Waals surface area contributed by atoms with Crippen LogP contribution in [0.15, 0.2) is 48.8 Å². The van der Waals surface area contributed by atoms with Gasteiger partial charge in [-0.1, -0.05) is 18.2 Å². The van der Waals surface area contributed by atoms with Crippen LogP contribution in [0.1, 0.15) is 16.7 Å². The molecule has 7 heteroatoms. The van der Waals surface area contributed by atoms with E-state index in [1.54, 1.807) is 18.3 Å². The number of carboxylic acids is 1. The van der Waals surface area contributed by atoms with Crippen LogP contribution in [0.3, 0.4) is 0 Å². The van der Waals surface area contributed by atoms with Crippen molar-refractivity contribution < 1.29 is 23.1 Å². The Bertz CT molecular complexity index is 942. The summed E-state index contributed by atoms with van der Waals surface area (Å²) in [5, 5.41) is 10.1. The maximum absolute atomic E-state index is 13.2. The molecule has 2 heterocycles. The summed E-state index contributed by atoms with van der Waals surface area (Å²) in [7, 11) is 0. The predicted molar refractivity (Wildman–Crippen MR) is 83.0 cm³/mol. The molecule has 0 aliphatic rings. The molecule has 0 saturated carbocycles. The maximum atomic E-state index is 13.2. The predicted octanol–water partition coefficient (Wildman–Crippen LogP) is 4.21. The van der Waals surface area contributed by atoms with Crippen molar-refractivity contribution in [1.29, 1.82) is 0 Å². The molecule has 1 aromatic carbocycles. The topological polar surface area (TPSA) is 66.0 Å². The van der Waals surface area contributed by atoms with Gasteiger partial charge in [0.1, 0.15) is 5.65 Å². The van der Waals surface area contributed by atoms with Gasteiger partial charge in [0, 0.05) is 28.9 Å². The molecule has 0 amide bonds. The molecule has 0 aliphatic carbocycles. The van der Waals surface area contributed by atoms with Gasteiger partial charge in [-0.3, -0.25) is 0 Å². The number of nitrogens with one attached hydrogen (secondary N) is 1. The zero-order chi connectivity index (χ0) is 17.3. The number of aromatic nitrogens is 2. The Balaban J connectivity index is 2.21. The van der Waals surface area contributed by atoms with Crippen molar-refractivity contribution in [3.63, 3.8) is 0 Å². The summed E-state index contributed by atoms with van der Waals surface area (Å²) in [5.74, 6) is -1.44. The first kappa shape index (κ1) is 15.8. The summed E-state index contributed by atoms with van der Waals surface area (Å²) in [6.45, 7) is 0. The van der Waals surface area contributed by atoms with Crippen LogP contribution in [0.4, 0.5) is 13.2 Å². The molecule has 24 heavy (non-hydrogen) atoms. The van der Waals surface area contributed by atoms with Crippen molar-refractivity contribution in [1.82, 2.24) is 9.97 Å². The van der Waals surface area contributed by atoms with E-state index in [4.69, 9.17) is 0 Å². The second kappa shape index (κ2) is 5.84. The largest absolute Gasteiger partial charge is 0.478 e. The fraction of sp³-hybridized carbons (Fsp3) is 0.0588. The number of carbonyl (C=O) groups is 1. The van der Waals surface area contributed by atoms with E-state index in [2.05, 4.69) is 9.97 Å². The van der Waals surface area contributed by atoms with E-state index in [1.807, 2.05) is 0 Å². The lowest BCUT2D eigenvalue weighted by atomic mass is 9.97. The number of pyridine rings is 1. The molecule has 0 unspecified atom stereocenters. The number of benzene rings is 1. The van der Waals surface area contributed by atoms with Gasteiger partial charge in [0.05, 0.1) is 11.1 Å². The van der Waals surface area contributed by atoms with E-state index < -0.39 is 23.3 Å². The van der Waals surface area contributed by atoms with Gasteiger partial charge in [0.25, 0.3) is 0 Å². The first-order chi connectivity index (χ1) is 11.4. The lowest BCUT2D eigenvalue weighted by molar-refractivity contribution is -0.137. The number of alkyl halides is 3. The molecule has 122 valence electrons. The quantitative estimate of drug-likeness (QED) is 0.706. The van der Waals surface area contributed by atoms with Crippen LogP contribution >= 0.6 is 0 Å². The van der Waals surface area contributed by atoms with E-state index in [9.17, 15) is 23.1 Å². The summed E-state index contributed by atoms with van der Waals surface area (Å²) < 4.78 is 39.5. The monoisotopic (exact) mass is 332 g/mol. The van der Waals surface area contributed by atoms with Gasteiger partial charge < -0.3 is 10.1 Å². The number of rotatable bonds is 3. The van der Waals surface area contributed by atoms with Gasteiger partial charge in [-0.05, 0) is 24.3 Å². The molecular formula is C17H11F3N2O2. The summed E-state index contributed by atoms with van der Waals surface area (Å²) in [4.78, 5) is 18.5. The van der Waals surface area contributed by atoms with Crippen LogP contribution in [-0.4, -0.2) is 21.0 Å². The standard InChI is InChI=1S/C17H11F3N2O2/c18-17(19,20)14-6-2-1-4-12(14)13(16(23)24)8-10-9-22-15-11(10)5-3-7-21-15/h1-9H,(H,21,22)(H,23,24)/b13-8+. The van der Waals surface area contributed by atoms with E-state index in [0.717, 1.165) is 12.1 Å². The smallest absolute Gasteiger partial charge is 0.417 e. The van der Waals surface area contributed by atoms with Gasteiger partial charge in [-0.15, -0.1) is 0 Å². The summed E-state index contributed by atoms with van der Waals surface area (Å²) in [6.07, 6.45) is -0.361. The third-order valence-corrected chi connectivity index (χ3v) is 3.54. The number of nitrogens with zero attached hydrogens (tertiary/aromatic N) is 1. The Kier molecular flexibility index (Phi) is 3.84. The van der Waals surface area contributed by atoms with Crippen molar-refractivity contribution in [3.05, 3.63) is 65.5 Å². The van der Waals surface area contributed by atoms with Crippen LogP contribution in [0.2, 0.25) is 0 Å². The minimum Gasteiger partial charge on any atom is -0.478 e. The molecule has 2 aromatic heterocycles. The molecule has 0 saturated heterocycles. The molecule has 3 aromatic rings. The first-order valence-corrected chi connectivity index (χ1v) is 6.91. The third-order valence-electron chi connectivity index (χ3n) is 3.54. The van der Waals surface area contributed by atoms with Crippen molar-refractivity contribution >= 4 is 28.7 Å². The minimum absolute atomic E-state index is 0.379. The van der Waals surface area contributed by atoms with Crippen molar-refractivity contribution in [2.24, 2.45) is 0 Å². The van der Waals surface area contributed by atoms with Gasteiger partial charge in [0.2, 0.25) is 0 Å². The van der Waals surface area contributed by atoms with E-state index in [0.29, 0.717) is 16.6 Å². The average molecular weight is 332 g/mol. The average Bonchev–Trinajstić information content (AvgIpc) is 2.94. The van der Waals surface area contributed by atoms with Crippen LogP contribution < -0.4 is 0 Å². The SMILES string of the molecule is O=C(O)/C(=C/c1c[nH]c2ncccc12)c1ccccc1C(F)(F)F. The Morgan fingerprint density at radius 3 is 2.62 bits per heavy atom. The van der Waals surface area contributed by atoms with Crippen LogP contribution in [-0.2, 0) is 11.0 Å². The first-order valence-electron chi connectivity index (χ1n) is 6.91. The maximum Gasteiger partial charge on any atom is 0.417 e. The van der Waals surface area contributed by atoms with Gasteiger partial charge in [0.15, 0.2) is 0 Å². The Morgan fingerprint density at radius 2 is 1.92 bits per heavy atom. The molecule has 0 radical (unpaired) electrons. The normalized spacial score (nSPS) is 12.5. The number of hydrogen-bond acceptors (Lipinski definition) is 2. The molecule has 2 N–H and O–H groups in total. The number of aromatic amines is 1. The molecular weight excluding hydrogens is 321 g/mol. The number of H-pyrrole nitrogens is 1. The zero-order valence-electron chi connectivity index (χ0n) is 12.1. The number of hydrogen-bond donors (Lipinski definition) is 2. The molecule has 4 nitrogen and oxygen atoms in total. The molecule has 0 spiro atoms. The number of carboxylic acid groups (broad SMARTS) is 1. The van der Waals surface area contributed by atoms with Gasteiger partial charge in [-0.2, -0.15) is 13.2 Å². The van der Waals surface area contributed by atoms with E-state index in [-0.39, 0.29) is 5.56 Å². The lowest BCUT2D eigenvalue weighted by Crippen LogP contribution is -2.11. The second-order valence-electron chi connectivity index (χ2n) is 5.05. The van der Waals surface area contributed by atoms with E-state index >= 15 is 0 Å². The van der Waals surface area contributed by atoms with Gasteiger partial charge in [-0.25, -0.2) is 9.78 Å². The van der Waals surface area contributed by atoms with Crippen LogP contribution in [0, 0.1) is 0 Å². The van der Waals surface area contributed by atoms with Crippen molar-refractivity contribution in [2.75, 3.05) is 0 Å². The molecule has 0 atom stereocenters. The number of halogens is 3. The number of aliphatic carboxylic acids is 1.